The second-order valence-electron chi connectivity index (χ2n) is 6.60. The van der Waals surface area contributed by atoms with Gasteiger partial charge in [-0.2, -0.15) is 0 Å². The van der Waals surface area contributed by atoms with Crippen LogP contribution in [0.4, 0.5) is 5.82 Å². The Labute approximate surface area is 142 Å². The van der Waals surface area contributed by atoms with Crippen molar-refractivity contribution >= 4 is 16.9 Å². The molecular weight excluding hydrogens is 298 g/mol. The molecule has 2 aromatic heterocycles. The maximum atomic E-state index is 4.83. The minimum Gasteiger partial charge on any atom is -0.360 e. The van der Waals surface area contributed by atoms with E-state index < -0.39 is 0 Å². The predicted octanol–water partition coefficient (Wildman–Crippen LogP) is 4.21. The van der Waals surface area contributed by atoms with Crippen molar-refractivity contribution in [1.82, 2.24) is 19.5 Å². The van der Waals surface area contributed by atoms with Gasteiger partial charge < -0.3 is 9.88 Å². The minimum absolute atomic E-state index is 0.0821. The molecule has 0 spiro atoms. The van der Waals surface area contributed by atoms with Gasteiger partial charge in [0, 0.05) is 24.2 Å². The molecule has 5 nitrogen and oxygen atoms in total. The van der Waals surface area contributed by atoms with Crippen LogP contribution >= 0.6 is 0 Å². The monoisotopic (exact) mass is 321 g/mol. The van der Waals surface area contributed by atoms with Crippen LogP contribution in [0.2, 0.25) is 0 Å². The summed E-state index contributed by atoms with van der Waals surface area (Å²) in [5.74, 6) is 3.48. The first-order valence-electron chi connectivity index (χ1n) is 8.73. The van der Waals surface area contributed by atoms with Gasteiger partial charge in [0.05, 0.1) is 17.1 Å². The van der Waals surface area contributed by atoms with Crippen molar-refractivity contribution in [3.8, 4) is 0 Å². The Morgan fingerprint density at radius 1 is 1.21 bits per heavy atom. The van der Waals surface area contributed by atoms with Crippen molar-refractivity contribution < 1.29 is 0 Å². The second-order valence-corrected chi connectivity index (χ2v) is 6.60. The third kappa shape index (κ3) is 2.75. The maximum Gasteiger partial charge on any atom is 0.134 e. The summed E-state index contributed by atoms with van der Waals surface area (Å²) in [5.41, 5.74) is 3.24. The number of benzene rings is 1. The van der Waals surface area contributed by atoms with E-state index in [9.17, 15) is 0 Å². The van der Waals surface area contributed by atoms with Gasteiger partial charge >= 0.3 is 0 Å². The average Bonchev–Trinajstić information content (AvgIpc) is 3.34. The van der Waals surface area contributed by atoms with Crippen LogP contribution in [0.3, 0.4) is 0 Å². The van der Waals surface area contributed by atoms with E-state index in [1.165, 1.54) is 18.4 Å². The highest BCUT2D eigenvalue weighted by atomic mass is 15.1. The number of hydrogen-bond acceptors (Lipinski definition) is 4. The smallest absolute Gasteiger partial charge is 0.134 e. The maximum absolute atomic E-state index is 4.83. The fourth-order valence-corrected chi connectivity index (χ4v) is 3.23. The number of aryl methyl sites for hydroxylation is 2. The zero-order valence-corrected chi connectivity index (χ0v) is 14.5. The molecule has 5 heteroatoms. The van der Waals surface area contributed by atoms with Gasteiger partial charge in [0.1, 0.15) is 17.5 Å². The summed E-state index contributed by atoms with van der Waals surface area (Å²) in [6.45, 7) is 7.23. The summed E-state index contributed by atoms with van der Waals surface area (Å²) in [6, 6.07) is 10.4. The highest BCUT2D eigenvalue weighted by Gasteiger charge is 2.27. The van der Waals surface area contributed by atoms with Gasteiger partial charge in [-0.3, -0.25) is 0 Å². The van der Waals surface area contributed by atoms with Crippen molar-refractivity contribution in [3.05, 3.63) is 47.7 Å². The molecule has 0 saturated heterocycles. The molecule has 124 valence electrons. The molecule has 4 rings (SSSR count). The van der Waals surface area contributed by atoms with Crippen LogP contribution in [0.5, 0.6) is 0 Å². The molecule has 3 aromatic rings. The lowest BCUT2D eigenvalue weighted by molar-refractivity contribution is 0.671. The minimum atomic E-state index is 0.0821. The summed E-state index contributed by atoms with van der Waals surface area (Å²) < 4.78 is 2.27. The Morgan fingerprint density at radius 2 is 2.00 bits per heavy atom. The molecule has 0 radical (unpaired) electrons. The van der Waals surface area contributed by atoms with Crippen LogP contribution in [-0.4, -0.2) is 19.5 Å². The lowest BCUT2D eigenvalue weighted by atomic mass is 10.3. The van der Waals surface area contributed by atoms with Crippen molar-refractivity contribution in [2.75, 3.05) is 5.32 Å². The van der Waals surface area contributed by atoms with Crippen molar-refractivity contribution in [1.29, 1.82) is 0 Å². The molecule has 1 N–H and O–H groups in total. The highest BCUT2D eigenvalue weighted by Crippen LogP contribution is 2.38. The number of nitrogens with one attached hydrogen (secondary N) is 1. The zero-order chi connectivity index (χ0) is 16.7. The molecule has 1 aromatic carbocycles. The van der Waals surface area contributed by atoms with E-state index in [2.05, 4.69) is 46.9 Å². The average molecular weight is 321 g/mol. The van der Waals surface area contributed by atoms with Crippen LogP contribution in [0.1, 0.15) is 56.0 Å². The lowest BCUT2D eigenvalue weighted by Gasteiger charge is -2.16. The standard InChI is InChI=1S/C19H23N5/c1-4-24-16-8-6-5-7-15(16)22-19(24)13(3)21-17-11-12(2)20-18(23-17)14-9-10-14/h5-8,11,13-14H,4,9-10H2,1-3H3,(H,20,21,23). The van der Waals surface area contributed by atoms with Crippen molar-refractivity contribution in [2.45, 2.75) is 52.1 Å². The predicted molar refractivity (Wildman–Crippen MR) is 96.2 cm³/mol. The van der Waals surface area contributed by atoms with Crippen LogP contribution in [0.25, 0.3) is 11.0 Å². The molecule has 0 aliphatic heterocycles. The molecule has 1 saturated carbocycles. The van der Waals surface area contributed by atoms with E-state index >= 15 is 0 Å². The third-order valence-corrected chi connectivity index (χ3v) is 4.57. The number of fused-ring (bicyclic) bond motifs is 1. The van der Waals surface area contributed by atoms with Crippen molar-refractivity contribution in [3.63, 3.8) is 0 Å². The van der Waals surface area contributed by atoms with Crippen LogP contribution in [0, 0.1) is 6.92 Å². The van der Waals surface area contributed by atoms with Gasteiger partial charge in [-0.05, 0) is 45.7 Å². The molecule has 0 bridgehead atoms. The molecule has 1 fully saturated rings. The summed E-state index contributed by atoms with van der Waals surface area (Å²) in [4.78, 5) is 14.1. The fraction of sp³-hybridized carbons (Fsp3) is 0.421. The number of aromatic nitrogens is 4. The van der Waals surface area contributed by atoms with Crippen molar-refractivity contribution in [2.24, 2.45) is 0 Å². The second kappa shape index (κ2) is 5.89. The molecular formula is C19H23N5. The Kier molecular flexibility index (Phi) is 3.71. The van der Waals surface area contributed by atoms with Crippen LogP contribution in [0.15, 0.2) is 30.3 Å². The number of nitrogens with zero attached hydrogens (tertiary/aromatic N) is 4. The number of para-hydroxylation sites is 2. The summed E-state index contributed by atoms with van der Waals surface area (Å²) in [6.07, 6.45) is 2.42. The zero-order valence-electron chi connectivity index (χ0n) is 14.5. The Balaban J connectivity index is 1.66. The number of anilines is 1. The number of hydrogen-bond donors (Lipinski definition) is 1. The Hall–Kier alpha value is -2.43. The summed E-state index contributed by atoms with van der Waals surface area (Å²) in [7, 11) is 0. The van der Waals surface area contributed by atoms with E-state index in [0.717, 1.165) is 35.2 Å². The largest absolute Gasteiger partial charge is 0.360 e. The van der Waals surface area contributed by atoms with Crippen LogP contribution < -0.4 is 5.32 Å². The van der Waals surface area contributed by atoms with E-state index in [1.54, 1.807) is 0 Å². The van der Waals surface area contributed by atoms with E-state index in [1.807, 2.05) is 19.1 Å². The third-order valence-electron chi connectivity index (χ3n) is 4.57. The molecule has 1 unspecified atom stereocenters. The molecule has 0 amide bonds. The first-order valence-corrected chi connectivity index (χ1v) is 8.73. The normalized spacial score (nSPS) is 15.6. The van der Waals surface area contributed by atoms with Gasteiger partial charge in [-0.1, -0.05) is 12.1 Å². The molecule has 1 atom stereocenters. The van der Waals surface area contributed by atoms with E-state index in [-0.39, 0.29) is 6.04 Å². The van der Waals surface area contributed by atoms with Gasteiger partial charge in [0.25, 0.3) is 0 Å². The summed E-state index contributed by atoms with van der Waals surface area (Å²) in [5, 5.41) is 3.52. The van der Waals surface area contributed by atoms with Crippen LogP contribution in [-0.2, 0) is 6.54 Å². The summed E-state index contributed by atoms with van der Waals surface area (Å²) >= 11 is 0. The SMILES string of the molecule is CCn1c(C(C)Nc2cc(C)nc(C3CC3)n2)nc2ccccc21. The Bertz CT molecular complexity index is 879. The number of imidazole rings is 1. The quantitative estimate of drug-likeness (QED) is 0.765. The molecule has 1 aliphatic rings. The first kappa shape index (κ1) is 15.1. The molecule has 2 heterocycles. The lowest BCUT2D eigenvalue weighted by Crippen LogP contribution is -2.15. The first-order chi connectivity index (χ1) is 11.7. The number of rotatable bonds is 5. The highest BCUT2D eigenvalue weighted by molar-refractivity contribution is 5.76. The fourth-order valence-electron chi connectivity index (χ4n) is 3.23. The molecule has 1 aliphatic carbocycles. The van der Waals surface area contributed by atoms with E-state index in [0.29, 0.717) is 5.92 Å². The molecule has 24 heavy (non-hydrogen) atoms. The Morgan fingerprint density at radius 3 is 2.75 bits per heavy atom. The van der Waals surface area contributed by atoms with E-state index in [4.69, 9.17) is 9.97 Å². The van der Waals surface area contributed by atoms with Gasteiger partial charge in [-0.15, -0.1) is 0 Å². The van der Waals surface area contributed by atoms with Gasteiger partial charge in [0.2, 0.25) is 0 Å². The van der Waals surface area contributed by atoms with Gasteiger partial charge in [0.15, 0.2) is 0 Å². The topological polar surface area (TPSA) is 55.6 Å². The van der Waals surface area contributed by atoms with Gasteiger partial charge in [-0.25, -0.2) is 15.0 Å².